The molecular formula is C15H23N. The molecule has 88 valence electrons. The zero-order valence-electron chi connectivity index (χ0n) is 10.8. The largest absolute Gasteiger partial charge is 0.371 e. The summed E-state index contributed by atoms with van der Waals surface area (Å²) < 4.78 is 0. The highest BCUT2D eigenvalue weighted by Gasteiger charge is 2.08. The molecule has 0 N–H and O–H groups in total. The minimum Gasteiger partial charge on any atom is -0.371 e. The van der Waals surface area contributed by atoms with Crippen molar-refractivity contribution in [3.8, 4) is 0 Å². The first-order valence-electron chi connectivity index (χ1n) is 6.12. The number of hydrogen-bond acceptors (Lipinski definition) is 1. The van der Waals surface area contributed by atoms with Crippen molar-refractivity contribution in [2.75, 3.05) is 18.0 Å². The van der Waals surface area contributed by atoms with E-state index in [-0.39, 0.29) is 0 Å². The molecule has 0 saturated heterocycles. The minimum absolute atomic E-state index is 1.05. The van der Waals surface area contributed by atoms with E-state index in [2.05, 4.69) is 50.4 Å². The van der Waals surface area contributed by atoms with Gasteiger partial charge in [0.05, 0.1) is 0 Å². The van der Waals surface area contributed by atoms with Gasteiger partial charge in [-0.1, -0.05) is 25.1 Å². The van der Waals surface area contributed by atoms with Crippen molar-refractivity contribution in [3.63, 3.8) is 0 Å². The van der Waals surface area contributed by atoms with E-state index in [1.165, 1.54) is 23.2 Å². The lowest BCUT2D eigenvalue weighted by atomic mass is 10.1. The molecule has 0 bridgehead atoms. The second-order valence-electron chi connectivity index (χ2n) is 4.28. The molecule has 0 unspecified atom stereocenters. The molecule has 1 rings (SSSR count). The topological polar surface area (TPSA) is 3.24 Å². The summed E-state index contributed by atoms with van der Waals surface area (Å²) in [5, 5.41) is 0. The van der Waals surface area contributed by atoms with Crippen molar-refractivity contribution >= 4 is 5.69 Å². The summed E-state index contributed by atoms with van der Waals surface area (Å²) >= 11 is 0. The van der Waals surface area contributed by atoms with E-state index in [4.69, 9.17) is 0 Å². The van der Waals surface area contributed by atoms with Crippen molar-refractivity contribution in [1.29, 1.82) is 0 Å². The SMILES string of the molecule is C=CCCN(CCC)c1cccc(C)c1C. The molecule has 1 aromatic carbocycles. The van der Waals surface area contributed by atoms with Crippen LogP contribution in [-0.2, 0) is 0 Å². The summed E-state index contributed by atoms with van der Waals surface area (Å²) in [5.41, 5.74) is 4.15. The first-order chi connectivity index (χ1) is 7.70. The van der Waals surface area contributed by atoms with Gasteiger partial charge in [0.1, 0.15) is 0 Å². The van der Waals surface area contributed by atoms with Gasteiger partial charge in [-0.3, -0.25) is 0 Å². The Bertz CT molecular complexity index is 341. The second kappa shape index (κ2) is 6.37. The molecular weight excluding hydrogens is 194 g/mol. The third-order valence-electron chi connectivity index (χ3n) is 3.01. The van der Waals surface area contributed by atoms with Crippen molar-refractivity contribution in [1.82, 2.24) is 0 Å². The van der Waals surface area contributed by atoms with Gasteiger partial charge in [-0.15, -0.1) is 6.58 Å². The van der Waals surface area contributed by atoms with Crippen LogP contribution in [0.2, 0.25) is 0 Å². The van der Waals surface area contributed by atoms with Crippen LogP contribution >= 0.6 is 0 Å². The van der Waals surface area contributed by atoms with Crippen molar-refractivity contribution in [2.24, 2.45) is 0 Å². The van der Waals surface area contributed by atoms with Gasteiger partial charge in [0.2, 0.25) is 0 Å². The maximum absolute atomic E-state index is 3.80. The number of aryl methyl sites for hydroxylation is 1. The quantitative estimate of drug-likeness (QED) is 0.649. The number of anilines is 1. The fraction of sp³-hybridized carbons (Fsp3) is 0.467. The predicted octanol–water partition coefficient (Wildman–Crippen LogP) is 4.10. The molecule has 0 amide bonds. The van der Waals surface area contributed by atoms with E-state index in [0.717, 1.165) is 19.5 Å². The van der Waals surface area contributed by atoms with Crippen LogP contribution in [0.15, 0.2) is 30.9 Å². The lowest BCUT2D eigenvalue weighted by molar-refractivity contribution is 0.762. The fourth-order valence-corrected chi connectivity index (χ4v) is 1.95. The van der Waals surface area contributed by atoms with Gasteiger partial charge in [0.15, 0.2) is 0 Å². The number of nitrogens with zero attached hydrogens (tertiary/aromatic N) is 1. The van der Waals surface area contributed by atoms with Crippen LogP contribution in [0.25, 0.3) is 0 Å². The zero-order chi connectivity index (χ0) is 12.0. The molecule has 0 aliphatic carbocycles. The molecule has 0 aliphatic heterocycles. The standard InChI is InChI=1S/C15H23N/c1-5-7-12-16(11-6-2)15-10-8-9-13(3)14(15)4/h5,8-10H,1,6-7,11-12H2,2-4H3. The Morgan fingerprint density at radius 1 is 1.25 bits per heavy atom. The molecule has 0 aromatic heterocycles. The van der Waals surface area contributed by atoms with Crippen LogP contribution in [-0.4, -0.2) is 13.1 Å². The number of rotatable bonds is 6. The molecule has 0 saturated carbocycles. The van der Waals surface area contributed by atoms with Gasteiger partial charge >= 0.3 is 0 Å². The highest BCUT2D eigenvalue weighted by atomic mass is 15.1. The van der Waals surface area contributed by atoms with Gasteiger partial charge in [-0.2, -0.15) is 0 Å². The number of hydrogen-bond donors (Lipinski definition) is 0. The highest BCUT2D eigenvalue weighted by Crippen LogP contribution is 2.23. The first-order valence-corrected chi connectivity index (χ1v) is 6.12. The van der Waals surface area contributed by atoms with Crippen LogP contribution < -0.4 is 4.90 Å². The molecule has 1 nitrogen and oxygen atoms in total. The van der Waals surface area contributed by atoms with E-state index < -0.39 is 0 Å². The monoisotopic (exact) mass is 217 g/mol. The lowest BCUT2D eigenvalue weighted by Crippen LogP contribution is -2.25. The Kier molecular flexibility index (Phi) is 5.10. The van der Waals surface area contributed by atoms with Crippen LogP contribution in [0.3, 0.4) is 0 Å². The third-order valence-corrected chi connectivity index (χ3v) is 3.01. The molecule has 0 heterocycles. The Balaban J connectivity index is 2.90. The van der Waals surface area contributed by atoms with Gasteiger partial charge in [-0.25, -0.2) is 0 Å². The average Bonchev–Trinajstić information content (AvgIpc) is 2.28. The molecule has 1 heteroatoms. The molecule has 0 radical (unpaired) electrons. The van der Waals surface area contributed by atoms with Crippen molar-refractivity contribution in [2.45, 2.75) is 33.6 Å². The molecule has 0 spiro atoms. The van der Waals surface area contributed by atoms with Crippen LogP contribution in [0.1, 0.15) is 30.9 Å². The van der Waals surface area contributed by atoms with E-state index in [9.17, 15) is 0 Å². The average molecular weight is 217 g/mol. The van der Waals surface area contributed by atoms with E-state index in [1.807, 2.05) is 6.08 Å². The summed E-state index contributed by atoms with van der Waals surface area (Å²) in [4.78, 5) is 2.46. The molecule has 1 aromatic rings. The Hall–Kier alpha value is -1.24. The maximum Gasteiger partial charge on any atom is 0.0398 e. The summed E-state index contributed by atoms with van der Waals surface area (Å²) in [6.45, 7) is 12.6. The second-order valence-corrected chi connectivity index (χ2v) is 4.28. The summed E-state index contributed by atoms with van der Waals surface area (Å²) in [6.07, 6.45) is 4.23. The van der Waals surface area contributed by atoms with E-state index in [1.54, 1.807) is 0 Å². The lowest BCUT2D eigenvalue weighted by Gasteiger charge is -2.26. The Morgan fingerprint density at radius 2 is 2.00 bits per heavy atom. The highest BCUT2D eigenvalue weighted by molar-refractivity contribution is 5.55. The van der Waals surface area contributed by atoms with Crippen LogP contribution in [0, 0.1) is 13.8 Å². The zero-order valence-corrected chi connectivity index (χ0v) is 10.8. The smallest absolute Gasteiger partial charge is 0.0398 e. The fourth-order valence-electron chi connectivity index (χ4n) is 1.95. The summed E-state index contributed by atoms with van der Waals surface area (Å²) in [7, 11) is 0. The molecule has 0 aliphatic rings. The van der Waals surface area contributed by atoms with Crippen LogP contribution in [0.4, 0.5) is 5.69 Å². The van der Waals surface area contributed by atoms with E-state index >= 15 is 0 Å². The Morgan fingerprint density at radius 3 is 2.62 bits per heavy atom. The van der Waals surface area contributed by atoms with Gasteiger partial charge < -0.3 is 4.90 Å². The summed E-state index contributed by atoms with van der Waals surface area (Å²) in [6, 6.07) is 6.55. The van der Waals surface area contributed by atoms with E-state index in [0.29, 0.717) is 0 Å². The predicted molar refractivity (Wildman–Crippen MR) is 73.2 cm³/mol. The maximum atomic E-state index is 3.80. The molecule has 0 atom stereocenters. The molecule has 16 heavy (non-hydrogen) atoms. The normalized spacial score (nSPS) is 10.2. The number of benzene rings is 1. The minimum atomic E-state index is 1.05. The van der Waals surface area contributed by atoms with Gasteiger partial charge in [0, 0.05) is 18.8 Å². The Labute approximate surface area is 99.8 Å². The molecule has 0 fully saturated rings. The van der Waals surface area contributed by atoms with Gasteiger partial charge in [-0.05, 0) is 43.9 Å². The summed E-state index contributed by atoms with van der Waals surface area (Å²) in [5.74, 6) is 0. The van der Waals surface area contributed by atoms with Crippen molar-refractivity contribution < 1.29 is 0 Å². The first kappa shape index (κ1) is 12.8. The van der Waals surface area contributed by atoms with Crippen molar-refractivity contribution in [3.05, 3.63) is 42.0 Å². The van der Waals surface area contributed by atoms with Crippen LogP contribution in [0.5, 0.6) is 0 Å². The third kappa shape index (κ3) is 3.13. The van der Waals surface area contributed by atoms with Gasteiger partial charge in [0.25, 0.3) is 0 Å².